The van der Waals surface area contributed by atoms with Crippen LogP contribution in [0.3, 0.4) is 0 Å². The predicted molar refractivity (Wildman–Crippen MR) is 98.2 cm³/mol. The molecule has 1 aromatic heterocycles. The van der Waals surface area contributed by atoms with Gasteiger partial charge in [0.1, 0.15) is 6.33 Å². The highest BCUT2D eigenvalue weighted by Gasteiger charge is 2.19. The summed E-state index contributed by atoms with van der Waals surface area (Å²) in [5, 5.41) is 11.0. The average Bonchev–Trinajstić information content (AvgIpc) is 3.01. The fraction of sp³-hybridized carbons (Fsp3) is 0.500. The molecular formula is C18H28N6O. The number of carbonyl (C=O) groups is 1. The second-order valence-electron chi connectivity index (χ2n) is 6.50. The first-order valence-corrected chi connectivity index (χ1v) is 8.55. The van der Waals surface area contributed by atoms with Crippen molar-refractivity contribution in [3.8, 4) is 0 Å². The first-order valence-electron chi connectivity index (χ1n) is 8.55. The molecule has 25 heavy (non-hydrogen) atoms. The van der Waals surface area contributed by atoms with Crippen LogP contribution in [0.1, 0.15) is 24.4 Å². The van der Waals surface area contributed by atoms with Crippen molar-refractivity contribution in [2.24, 2.45) is 7.05 Å². The van der Waals surface area contributed by atoms with E-state index in [1.807, 2.05) is 55.7 Å². The maximum atomic E-state index is 12.7. The number of aryl methyl sites for hydroxylation is 1. The molecule has 0 saturated heterocycles. The first-order chi connectivity index (χ1) is 12.0. The zero-order valence-corrected chi connectivity index (χ0v) is 15.5. The number of rotatable bonds is 8. The van der Waals surface area contributed by atoms with Gasteiger partial charge < -0.3 is 19.7 Å². The van der Waals surface area contributed by atoms with Gasteiger partial charge in [-0.05, 0) is 33.0 Å². The van der Waals surface area contributed by atoms with Gasteiger partial charge in [0, 0.05) is 26.7 Å². The fourth-order valence-electron chi connectivity index (χ4n) is 2.57. The van der Waals surface area contributed by atoms with Crippen molar-refractivity contribution < 1.29 is 4.79 Å². The molecule has 0 bridgehead atoms. The summed E-state index contributed by atoms with van der Waals surface area (Å²) in [6.45, 7) is 4.09. The minimum atomic E-state index is -0.196. The normalized spacial score (nSPS) is 12.2. The number of carbonyl (C=O) groups excluding carboxylic acids is 1. The lowest BCUT2D eigenvalue weighted by molar-refractivity contribution is 0.188. The van der Waals surface area contributed by atoms with Gasteiger partial charge in [0.25, 0.3) is 0 Å². The zero-order valence-electron chi connectivity index (χ0n) is 15.5. The third-order valence-corrected chi connectivity index (χ3v) is 4.09. The molecule has 1 N–H and O–H groups in total. The first kappa shape index (κ1) is 18.9. The molecule has 0 saturated carbocycles. The number of urea groups is 1. The lowest BCUT2D eigenvalue weighted by Crippen LogP contribution is -2.45. The Morgan fingerprint density at radius 2 is 1.92 bits per heavy atom. The minimum absolute atomic E-state index is 0.0757. The van der Waals surface area contributed by atoms with Gasteiger partial charge in [-0.3, -0.25) is 0 Å². The summed E-state index contributed by atoms with van der Waals surface area (Å²) in [6, 6.07) is 9.95. The molecule has 0 fully saturated rings. The van der Waals surface area contributed by atoms with E-state index < -0.39 is 0 Å². The third kappa shape index (κ3) is 5.86. The smallest absolute Gasteiger partial charge is 0.318 e. The van der Waals surface area contributed by atoms with Gasteiger partial charge in [-0.15, -0.1) is 10.2 Å². The van der Waals surface area contributed by atoms with Crippen LogP contribution < -0.4 is 5.32 Å². The van der Waals surface area contributed by atoms with Crippen LogP contribution in [0, 0.1) is 0 Å². The van der Waals surface area contributed by atoms with Crippen LogP contribution in [0.4, 0.5) is 4.79 Å². The van der Waals surface area contributed by atoms with E-state index in [0.717, 1.165) is 18.8 Å². The molecular weight excluding hydrogens is 316 g/mol. The van der Waals surface area contributed by atoms with Crippen molar-refractivity contribution >= 4 is 6.03 Å². The van der Waals surface area contributed by atoms with Crippen molar-refractivity contribution in [3.63, 3.8) is 0 Å². The molecule has 1 heterocycles. The van der Waals surface area contributed by atoms with Crippen molar-refractivity contribution in [2.75, 3.05) is 33.7 Å². The maximum absolute atomic E-state index is 12.7. The van der Waals surface area contributed by atoms with E-state index in [2.05, 4.69) is 32.5 Å². The Morgan fingerprint density at radius 1 is 1.20 bits per heavy atom. The minimum Gasteiger partial charge on any atom is -0.328 e. The molecule has 2 aromatic rings. The third-order valence-electron chi connectivity index (χ3n) is 4.09. The second kappa shape index (κ2) is 9.17. The SMILES string of the molecule is C[C@@H](NC(=O)N(CCc1ccccc1)CCN(C)C)c1nncn1C. The second-order valence-corrected chi connectivity index (χ2v) is 6.50. The molecule has 2 amide bonds. The van der Waals surface area contributed by atoms with Gasteiger partial charge in [-0.1, -0.05) is 30.3 Å². The van der Waals surface area contributed by atoms with Crippen LogP contribution in [0.2, 0.25) is 0 Å². The van der Waals surface area contributed by atoms with Gasteiger partial charge in [-0.2, -0.15) is 0 Å². The standard InChI is InChI=1S/C18H28N6O/c1-15(17-21-19-14-23(17)4)20-18(25)24(13-12-22(2)3)11-10-16-8-6-5-7-9-16/h5-9,14-15H,10-13H2,1-4H3,(H,20,25)/t15-/m1/s1. The van der Waals surface area contributed by atoms with Crippen molar-refractivity contribution in [1.82, 2.24) is 29.9 Å². The molecule has 0 aliphatic heterocycles. The number of hydrogen-bond donors (Lipinski definition) is 1. The Labute approximate surface area is 149 Å². The summed E-state index contributed by atoms with van der Waals surface area (Å²) in [4.78, 5) is 16.7. The van der Waals surface area contributed by atoms with E-state index in [9.17, 15) is 4.79 Å². The Kier molecular flexibility index (Phi) is 6.94. The predicted octanol–water partition coefficient (Wildman–Crippen LogP) is 1.69. The Morgan fingerprint density at radius 3 is 2.52 bits per heavy atom. The Hall–Kier alpha value is -2.41. The van der Waals surface area contributed by atoms with E-state index in [1.165, 1.54) is 5.56 Å². The van der Waals surface area contributed by atoms with E-state index in [0.29, 0.717) is 13.1 Å². The van der Waals surface area contributed by atoms with Gasteiger partial charge >= 0.3 is 6.03 Å². The summed E-state index contributed by atoms with van der Waals surface area (Å²) >= 11 is 0. The average molecular weight is 344 g/mol. The summed E-state index contributed by atoms with van der Waals surface area (Å²) < 4.78 is 1.82. The van der Waals surface area contributed by atoms with Crippen LogP contribution in [-0.4, -0.2) is 64.3 Å². The monoisotopic (exact) mass is 344 g/mol. The molecule has 7 nitrogen and oxygen atoms in total. The van der Waals surface area contributed by atoms with Crippen LogP contribution in [0.25, 0.3) is 0 Å². The highest BCUT2D eigenvalue weighted by Crippen LogP contribution is 2.09. The quantitative estimate of drug-likeness (QED) is 0.791. The molecule has 7 heteroatoms. The van der Waals surface area contributed by atoms with E-state index >= 15 is 0 Å². The lowest BCUT2D eigenvalue weighted by atomic mass is 10.1. The maximum Gasteiger partial charge on any atom is 0.318 e. The molecule has 1 atom stereocenters. The van der Waals surface area contributed by atoms with Crippen LogP contribution in [0.5, 0.6) is 0 Å². The number of nitrogens with zero attached hydrogens (tertiary/aromatic N) is 5. The number of aromatic nitrogens is 3. The van der Waals surface area contributed by atoms with E-state index in [1.54, 1.807) is 6.33 Å². The van der Waals surface area contributed by atoms with Crippen molar-refractivity contribution in [3.05, 3.63) is 48.0 Å². The van der Waals surface area contributed by atoms with E-state index in [4.69, 9.17) is 0 Å². The fourth-order valence-corrected chi connectivity index (χ4v) is 2.57. The molecule has 136 valence electrons. The summed E-state index contributed by atoms with van der Waals surface area (Å²) in [7, 11) is 5.89. The highest BCUT2D eigenvalue weighted by molar-refractivity contribution is 5.74. The van der Waals surface area contributed by atoms with Gasteiger partial charge in [0.05, 0.1) is 6.04 Å². The zero-order chi connectivity index (χ0) is 18.2. The summed E-state index contributed by atoms with van der Waals surface area (Å²) in [5.41, 5.74) is 1.23. The van der Waals surface area contributed by atoms with Gasteiger partial charge in [0.2, 0.25) is 0 Å². The number of nitrogens with one attached hydrogen (secondary N) is 1. The van der Waals surface area contributed by atoms with Gasteiger partial charge in [-0.25, -0.2) is 4.79 Å². The highest BCUT2D eigenvalue weighted by atomic mass is 16.2. The largest absolute Gasteiger partial charge is 0.328 e. The van der Waals surface area contributed by atoms with Crippen molar-refractivity contribution in [2.45, 2.75) is 19.4 Å². The number of benzene rings is 1. The molecule has 1 aromatic carbocycles. The topological polar surface area (TPSA) is 66.3 Å². The van der Waals surface area contributed by atoms with Crippen LogP contribution in [0.15, 0.2) is 36.7 Å². The number of amides is 2. The van der Waals surface area contributed by atoms with Gasteiger partial charge in [0.15, 0.2) is 5.82 Å². The van der Waals surface area contributed by atoms with Crippen LogP contribution >= 0.6 is 0 Å². The molecule has 0 aliphatic carbocycles. The molecule has 0 spiro atoms. The molecule has 0 aliphatic rings. The number of likely N-dealkylation sites (N-methyl/N-ethyl adjacent to an activating group) is 1. The molecule has 0 radical (unpaired) electrons. The van der Waals surface area contributed by atoms with Crippen molar-refractivity contribution in [1.29, 1.82) is 0 Å². The summed E-state index contributed by atoms with van der Waals surface area (Å²) in [5.74, 6) is 0.740. The van der Waals surface area contributed by atoms with E-state index in [-0.39, 0.29) is 12.1 Å². The Balaban J connectivity index is 1.97. The molecule has 0 unspecified atom stereocenters. The van der Waals surface area contributed by atoms with Crippen LogP contribution in [-0.2, 0) is 13.5 Å². The Bertz CT molecular complexity index is 655. The number of hydrogen-bond acceptors (Lipinski definition) is 4. The summed E-state index contributed by atoms with van der Waals surface area (Å²) in [6.07, 6.45) is 2.47. The molecule has 2 rings (SSSR count). The lowest BCUT2D eigenvalue weighted by Gasteiger charge is -2.26.